The van der Waals surface area contributed by atoms with E-state index in [1.165, 1.54) is 17.1 Å². The van der Waals surface area contributed by atoms with Crippen molar-refractivity contribution in [2.45, 2.75) is 44.8 Å². The molecule has 2 N–H and O–H groups in total. The maximum atomic E-state index is 13.0. The van der Waals surface area contributed by atoms with Crippen LogP contribution in [0.5, 0.6) is 5.75 Å². The van der Waals surface area contributed by atoms with Crippen LogP contribution in [-0.2, 0) is 24.5 Å². The second-order valence-electron chi connectivity index (χ2n) is 8.83. The summed E-state index contributed by atoms with van der Waals surface area (Å²) in [6.45, 7) is 4.07. The molecule has 2 amide bonds. The average Bonchev–Trinajstić information content (AvgIpc) is 3.16. The number of aliphatic hydroxyl groups is 1. The van der Waals surface area contributed by atoms with E-state index in [9.17, 15) is 14.7 Å². The van der Waals surface area contributed by atoms with E-state index in [4.69, 9.17) is 4.74 Å². The van der Waals surface area contributed by atoms with E-state index in [0.717, 1.165) is 30.8 Å². The molecule has 3 heterocycles. The number of ether oxygens (including phenoxy) is 1. The van der Waals surface area contributed by atoms with Crippen LogP contribution < -0.4 is 10.1 Å². The maximum Gasteiger partial charge on any atom is 0.255 e. The Morgan fingerprint density at radius 2 is 1.82 bits per heavy atom. The number of carbonyl (C=O) groups excluding carboxylic acids is 2. The van der Waals surface area contributed by atoms with Gasteiger partial charge in [-0.1, -0.05) is 30.3 Å². The molecular formula is C25H29N3O4S. The Kier molecular flexibility index (Phi) is 6.57. The molecule has 0 bridgehead atoms. The normalized spacial score (nSPS) is 23.4. The van der Waals surface area contributed by atoms with Gasteiger partial charge in [0.05, 0.1) is 12.6 Å². The van der Waals surface area contributed by atoms with Crippen LogP contribution in [0.3, 0.4) is 0 Å². The summed E-state index contributed by atoms with van der Waals surface area (Å²) in [6.07, 6.45) is -0.292. The summed E-state index contributed by atoms with van der Waals surface area (Å²) in [4.78, 5) is 28.7. The second-order valence-corrected chi connectivity index (χ2v) is 10.1. The summed E-state index contributed by atoms with van der Waals surface area (Å²) in [6, 6.07) is 13.6. The van der Waals surface area contributed by atoms with E-state index >= 15 is 0 Å². The van der Waals surface area contributed by atoms with Crippen molar-refractivity contribution in [3.8, 4) is 5.75 Å². The highest BCUT2D eigenvalue weighted by Crippen LogP contribution is 2.34. The van der Waals surface area contributed by atoms with Crippen LogP contribution in [0.15, 0.2) is 42.5 Å². The molecule has 3 aliphatic heterocycles. The van der Waals surface area contributed by atoms with Crippen molar-refractivity contribution in [2.24, 2.45) is 0 Å². The number of benzene rings is 2. The smallest absolute Gasteiger partial charge is 0.255 e. The van der Waals surface area contributed by atoms with Gasteiger partial charge >= 0.3 is 0 Å². The number of hydrogen-bond donors (Lipinski definition) is 2. The van der Waals surface area contributed by atoms with Gasteiger partial charge in [-0.3, -0.25) is 14.5 Å². The number of hydrogen-bond acceptors (Lipinski definition) is 6. The number of amides is 2. The van der Waals surface area contributed by atoms with Gasteiger partial charge in [-0.2, -0.15) is 11.8 Å². The Bertz CT molecular complexity index is 1020. The number of nitrogens with one attached hydrogen (secondary N) is 1. The molecule has 2 atom stereocenters. The van der Waals surface area contributed by atoms with Gasteiger partial charge in [-0.05, 0) is 29.7 Å². The monoisotopic (exact) mass is 467 g/mol. The zero-order valence-corrected chi connectivity index (χ0v) is 19.4. The number of rotatable bonds is 6. The Balaban J connectivity index is 1.22. The van der Waals surface area contributed by atoms with Gasteiger partial charge < -0.3 is 20.1 Å². The molecule has 2 aromatic rings. The maximum absolute atomic E-state index is 13.0. The summed E-state index contributed by atoms with van der Waals surface area (Å²) in [7, 11) is 0. The first-order chi connectivity index (χ1) is 16.1. The quantitative estimate of drug-likeness (QED) is 0.679. The van der Waals surface area contributed by atoms with Crippen molar-refractivity contribution < 1.29 is 19.4 Å². The van der Waals surface area contributed by atoms with Gasteiger partial charge in [-0.25, -0.2) is 0 Å². The summed E-state index contributed by atoms with van der Waals surface area (Å²) in [5, 5.41) is 12.8. The molecule has 2 saturated heterocycles. The van der Waals surface area contributed by atoms with Gasteiger partial charge in [-0.15, -0.1) is 0 Å². The van der Waals surface area contributed by atoms with Gasteiger partial charge in [0, 0.05) is 48.7 Å². The molecule has 5 rings (SSSR count). The zero-order valence-electron chi connectivity index (χ0n) is 18.5. The van der Waals surface area contributed by atoms with Crippen molar-refractivity contribution in [3.63, 3.8) is 0 Å². The van der Waals surface area contributed by atoms with E-state index in [2.05, 4.69) is 34.5 Å². The Hall–Kier alpha value is -2.55. The molecule has 33 heavy (non-hydrogen) atoms. The van der Waals surface area contributed by atoms with Crippen molar-refractivity contribution in [3.05, 3.63) is 64.7 Å². The third-order valence-corrected chi connectivity index (χ3v) is 7.56. The third kappa shape index (κ3) is 4.88. The molecule has 7 nitrogen and oxygen atoms in total. The van der Waals surface area contributed by atoms with Crippen LogP contribution in [0.2, 0.25) is 0 Å². The third-order valence-electron chi connectivity index (χ3n) is 6.62. The fourth-order valence-corrected chi connectivity index (χ4v) is 5.72. The predicted molar refractivity (Wildman–Crippen MR) is 127 cm³/mol. The van der Waals surface area contributed by atoms with Gasteiger partial charge in [0.25, 0.3) is 5.91 Å². The Morgan fingerprint density at radius 3 is 2.58 bits per heavy atom. The molecular weight excluding hydrogens is 438 g/mol. The van der Waals surface area contributed by atoms with Crippen LogP contribution in [-0.4, -0.2) is 63.6 Å². The van der Waals surface area contributed by atoms with E-state index in [1.807, 2.05) is 23.9 Å². The van der Waals surface area contributed by atoms with E-state index in [0.29, 0.717) is 37.3 Å². The minimum Gasteiger partial charge on any atom is -0.489 e. The molecule has 174 valence electrons. The lowest BCUT2D eigenvalue weighted by Crippen LogP contribution is -2.55. The molecule has 2 aromatic carbocycles. The predicted octanol–water partition coefficient (Wildman–Crippen LogP) is 2.37. The highest BCUT2D eigenvalue weighted by molar-refractivity contribution is 7.99. The van der Waals surface area contributed by atoms with Crippen molar-refractivity contribution in [1.29, 1.82) is 0 Å². The number of piperidine rings is 1. The van der Waals surface area contributed by atoms with Gasteiger partial charge in [0.1, 0.15) is 18.6 Å². The number of carbonyl (C=O) groups is 2. The molecule has 0 spiro atoms. The van der Waals surface area contributed by atoms with Crippen molar-refractivity contribution >= 4 is 23.6 Å². The number of aliphatic hydroxyl groups excluding tert-OH is 1. The highest BCUT2D eigenvalue weighted by Gasteiger charge is 2.40. The SMILES string of the molecule is O=C1CCC(N2Cc3c(OCc4ccc(CN5CCSCC5)cc4)cccc3C2=O)C(O)N1. The van der Waals surface area contributed by atoms with Crippen LogP contribution in [0.4, 0.5) is 0 Å². The fourth-order valence-electron chi connectivity index (χ4n) is 4.74. The molecule has 0 saturated carbocycles. The molecule has 0 aromatic heterocycles. The fraction of sp³-hybridized carbons (Fsp3) is 0.440. The van der Waals surface area contributed by atoms with E-state index in [1.54, 1.807) is 11.0 Å². The van der Waals surface area contributed by atoms with E-state index < -0.39 is 12.3 Å². The molecule has 0 aliphatic carbocycles. The first kappa shape index (κ1) is 22.3. The Labute approximate surface area is 198 Å². The van der Waals surface area contributed by atoms with Gasteiger partial charge in [0.15, 0.2) is 0 Å². The summed E-state index contributed by atoms with van der Waals surface area (Å²) < 4.78 is 6.13. The largest absolute Gasteiger partial charge is 0.489 e. The first-order valence-corrected chi connectivity index (χ1v) is 12.6. The zero-order chi connectivity index (χ0) is 22.8. The lowest BCUT2D eigenvalue weighted by molar-refractivity contribution is -0.129. The molecule has 2 unspecified atom stereocenters. The van der Waals surface area contributed by atoms with Crippen molar-refractivity contribution in [1.82, 2.24) is 15.1 Å². The number of thioether (sulfide) groups is 1. The standard InChI is InChI=1S/C25H29N3O4S/c29-23-9-8-21(24(30)26-23)28-15-20-19(25(28)31)2-1-3-22(20)32-16-18-6-4-17(5-7-18)14-27-10-12-33-13-11-27/h1-7,21,24,30H,8-16H2,(H,26,29). The lowest BCUT2D eigenvalue weighted by atomic mass is 10.0. The topological polar surface area (TPSA) is 82.1 Å². The Morgan fingerprint density at radius 1 is 1.06 bits per heavy atom. The second kappa shape index (κ2) is 9.75. The minimum atomic E-state index is -1.05. The van der Waals surface area contributed by atoms with Crippen LogP contribution in [0.1, 0.15) is 39.9 Å². The van der Waals surface area contributed by atoms with Gasteiger partial charge in [0.2, 0.25) is 5.91 Å². The summed E-state index contributed by atoms with van der Waals surface area (Å²) >= 11 is 2.02. The van der Waals surface area contributed by atoms with Crippen molar-refractivity contribution in [2.75, 3.05) is 24.6 Å². The van der Waals surface area contributed by atoms with E-state index in [-0.39, 0.29) is 11.8 Å². The highest BCUT2D eigenvalue weighted by atomic mass is 32.2. The first-order valence-electron chi connectivity index (χ1n) is 11.5. The molecule has 0 radical (unpaired) electrons. The molecule has 8 heteroatoms. The lowest BCUT2D eigenvalue weighted by Gasteiger charge is -2.35. The van der Waals surface area contributed by atoms with Crippen LogP contribution in [0.25, 0.3) is 0 Å². The summed E-state index contributed by atoms with van der Waals surface area (Å²) in [5.74, 6) is 2.79. The summed E-state index contributed by atoms with van der Waals surface area (Å²) in [5.41, 5.74) is 3.83. The minimum absolute atomic E-state index is 0.129. The number of fused-ring (bicyclic) bond motifs is 1. The number of nitrogens with zero attached hydrogens (tertiary/aromatic N) is 2. The molecule has 2 fully saturated rings. The average molecular weight is 468 g/mol. The van der Waals surface area contributed by atoms with Crippen LogP contribution in [0, 0.1) is 0 Å². The van der Waals surface area contributed by atoms with Crippen LogP contribution >= 0.6 is 11.8 Å². The molecule has 3 aliphatic rings.